The first-order chi connectivity index (χ1) is 7.53. The molecule has 0 fully saturated rings. The lowest BCUT2D eigenvalue weighted by Crippen LogP contribution is -2.23. The van der Waals surface area contributed by atoms with Crippen LogP contribution in [0.2, 0.25) is 0 Å². The van der Waals surface area contributed by atoms with Crippen molar-refractivity contribution in [2.45, 2.75) is 5.28 Å². The number of nitrogens with zero attached hydrogens (tertiary/aromatic N) is 1. The topological polar surface area (TPSA) is 4.36 Å². The van der Waals surface area contributed by atoms with E-state index in [-0.39, 0.29) is 21.1 Å². The summed E-state index contributed by atoms with van der Waals surface area (Å²) in [6.45, 7) is 16.6. The van der Waals surface area contributed by atoms with Gasteiger partial charge < -0.3 is 4.85 Å². The van der Waals surface area contributed by atoms with Crippen molar-refractivity contribution in [3.05, 3.63) is 47.3 Å². The van der Waals surface area contributed by atoms with E-state index in [0.717, 1.165) is 6.16 Å². The van der Waals surface area contributed by atoms with E-state index in [0.29, 0.717) is 0 Å². The molecule has 0 radical (unpaired) electrons. The van der Waals surface area contributed by atoms with Crippen LogP contribution in [0.5, 0.6) is 0 Å². The fraction of sp³-hybridized carbons (Fsp3) is 0.462. The second-order valence-corrected chi connectivity index (χ2v) is 9.43. The number of rotatable bonds is 4. The number of benzene rings is 1. The number of hydrogen-bond donors (Lipinski definition) is 0. The molecule has 0 heterocycles. The highest BCUT2D eigenvalue weighted by atomic mass is 31.1. The van der Waals surface area contributed by atoms with Crippen LogP contribution >= 0.6 is 15.8 Å². The normalized spacial score (nSPS) is 14.8. The van der Waals surface area contributed by atoms with Crippen LogP contribution in [0.25, 0.3) is 4.85 Å². The summed E-state index contributed by atoms with van der Waals surface area (Å²) in [6.07, 6.45) is 1.02. The van der Waals surface area contributed by atoms with E-state index < -0.39 is 0 Å². The van der Waals surface area contributed by atoms with Crippen molar-refractivity contribution in [1.29, 1.82) is 0 Å². The molecule has 1 nitrogen and oxygen atoms in total. The van der Waals surface area contributed by atoms with Crippen LogP contribution in [0.3, 0.4) is 0 Å². The van der Waals surface area contributed by atoms with Crippen molar-refractivity contribution >= 4 is 15.8 Å². The Hall–Kier alpha value is -0.430. The second-order valence-electron chi connectivity index (χ2n) is 4.43. The molecule has 0 aromatic heterocycles. The lowest BCUT2D eigenvalue weighted by Gasteiger charge is -2.28. The minimum absolute atomic E-state index is 0.0478. The van der Waals surface area contributed by atoms with E-state index in [1.807, 2.05) is 18.2 Å². The smallest absolute Gasteiger partial charge is 0.275 e. The fourth-order valence-electron chi connectivity index (χ4n) is 1.84. The average molecular weight is 251 g/mol. The molecular weight excluding hydrogens is 232 g/mol. The molecular formula is C13H19NP2. The first kappa shape index (κ1) is 13.6. The van der Waals surface area contributed by atoms with E-state index in [4.69, 9.17) is 6.57 Å². The van der Waals surface area contributed by atoms with Crippen LogP contribution in [0.4, 0.5) is 0 Å². The maximum absolute atomic E-state index is 7.62. The van der Waals surface area contributed by atoms with Crippen LogP contribution in [-0.2, 0) is 5.28 Å². The van der Waals surface area contributed by atoms with Gasteiger partial charge in [-0.3, -0.25) is 0 Å². The minimum atomic E-state index is -0.295. The Morgan fingerprint density at radius 3 is 2.06 bits per heavy atom. The van der Waals surface area contributed by atoms with Crippen molar-refractivity contribution in [1.82, 2.24) is 0 Å². The lowest BCUT2D eigenvalue weighted by molar-refractivity contribution is 0.866. The largest absolute Gasteiger partial charge is 0.300 e. The third-order valence-corrected chi connectivity index (χ3v) is 6.03. The molecule has 0 amide bonds. The maximum Gasteiger partial charge on any atom is 0.275 e. The molecule has 0 aliphatic carbocycles. The molecule has 0 saturated heterocycles. The second kappa shape index (κ2) is 5.77. The van der Waals surface area contributed by atoms with E-state index in [1.165, 1.54) is 5.56 Å². The van der Waals surface area contributed by atoms with Crippen molar-refractivity contribution in [2.24, 2.45) is 0 Å². The third kappa shape index (κ3) is 2.82. The molecule has 0 aliphatic heterocycles. The molecule has 0 saturated carbocycles. The van der Waals surface area contributed by atoms with Gasteiger partial charge in [0.25, 0.3) is 5.28 Å². The summed E-state index contributed by atoms with van der Waals surface area (Å²) in [7, 11) is -0.343. The van der Waals surface area contributed by atoms with Crippen LogP contribution in [0, 0.1) is 6.57 Å². The Morgan fingerprint density at radius 1 is 1.12 bits per heavy atom. The summed E-state index contributed by atoms with van der Waals surface area (Å²) in [6, 6.07) is 10.3. The SMILES string of the molecule is [C-]#[N+]C(CP(C)C)(c1ccccc1)P(C)C. The van der Waals surface area contributed by atoms with Gasteiger partial charge in [-0.1, -0.05) is 30.3 Å². The molecule has 0 aliphatic rings. The summed E-state index contributed by atoms with van der Waals surface area (Å²) >= 11 is 0. The molecule has 1 aromatic rings. The quantitative estimate of drug-likeness (QED) is 0.557. The average Bonchev–Trinajstić information content (AvgIpc) is 2.26. The molecule has 16 heavy (non-hydrogen) atoms. The van der Waals surface area contributed by atoms with Crippen molar-refractivity contribution in [3.8, 4) is 0 Å². The highest BCUT2D eigenvalue weighted by molar-refractivity contribution is 7.61. The van der Waals surface area contributed by atoms with E-state index >= 15 is 0 Å². The zero-order chi connectivity index (χ0) is 12.2. The first-order valence-corrected chi connectivity index (χ1v) is 9.95. The van der Waals surface area contributed by atoms with Gasteiger partial charge in [-0.25, -0.2) is 6.57 Å². The summed E-state index contributed by atoms with van der Waals surface area (Å²) in [4.78, 5) is 4.02. The van der Waals surface area contributed by atoms with Gasteiger partial charge in [-0.15, -0.1) is 7.92 Å². The molecule has 1 unspecified atom stereocenters. The molecule has 1 aromatic carbocycles. The molecule has 86 valence electrons. The van der Waals surface area contributed by atoms with Gasteiger partial charge in [-0.2, -0.15) is 0 Å². The van der Waals surface area contributed by atoms with Gasteiger partial charge in [0, 0.05) is 5.56 Å². The van der Waals surface area contributed by atoms with Crippen molar-refractivity contribution < 1.29 is 0 Å². The molecule has 0 spiro atoms. The Balaban J connectivity index is 3.19. The standard InChI is InChI=1S/C13H19NP2/c1-14-13(16(4)5,11-15(2)3)12-9-7-6-8-10-12/h6-10H,11H2,2-5H3. The first-order valence-electron chi connectivity index (χ1n) is 5.29. The van der Waals surface area contributed by atoms with Crippen LogP contribution in [-0.4, -0.2) is 32.8 Å². The molecule has 0 N–H and O–H groups in total. The molecule has 1 rings (SSSR count). The molecule has 3 heteroatoms. The zero-order valence-corrected chi connectivity index (χ0v) is 12.2. The Morgan fingerprint density at radius 2 is 1.69 bits per heavy atom. The Labute approximate surface area is 102 Å². The van der Waals surface area contributed by atoms with Crippen LogP contribution in [0.15, 0.2) is 30.3 Å². The summed E-state index contributed by atoms with van der Waals surface area (Å²) < 4.78 is 0. The van der Waals surface area contributed by atoms with E-state index in [2.05, 4.69) is 43.6 Å². The monoisotopic (exact) mass is 251 g/mol. The van der Waals surface area contributed by atoms with E-state index in [1.54, 1.807) is 0 Å². The predicted octanol–water partition coefficient (Wildman–Crippen LogP) is 4.24. The van der Waals surface area contributed by atoms with Gasteiger partial charge >= 0.3 is 0 Å². The molecule has 1 atom stereocenters. The van der Waals surface area contributed by atoms with Crippen molar-refractivity contribution in [2.75, 3.05) is 32.8 Å². The Bertz CT molecular complexity index is 367. The zero-order valence-electron chi connectivity index (χ0n) is 10.4. The van der Waals surface area contributed by atoms with Crippen LogP contribution < -0.4 is 0 Å². The maximum atomic E-state index is 7.62. The van der Waals surface area contributed by atoms with Gasteiger partial charge in [-0.05, 0) is 34.6 Å². The minimum Gasteiger partial charge on any atom is -0.300 e. The third-order valence-electron chi connectivity index (χ3n) is 2.70. The summed E-state index contributed by atoms with van der Waals surface area (Å²) in [5.74, 6) is 0. The van der Waals surface area contributed by atoms with Gasteiger partial charge in [0.2, 0.25) is 0 Å². The predicted molar refractivity (Wildman–Crippen MR) is 77.1 cm³/mol. The van der Waals surface area contributed by atoms with Gasteiger partial charge in [0.15, 0.2) is 0 Å². The highest BCUT2D eigenvalue weighted by Crippen LogP contribution is 2.56. The highest BCUT2D eigenvalue weighted by Gasteiger charge is 2.42. The number of hydrogen-bond acceptors (Lipinski definition) is 0. The van der Waals surface area contributed by atoms with Crippen LogP contribution in [0.1, 0.15) is 5.56 Å². The summed E-state index contributed by atoms with van der Waals surface area (Å²) in [5, 5.41) is -0.258. The lowest BCUT2D eigenvalue weighted by atomic mass is 10.1. The van der Waals surface area contributed by atoms with Gasteiger partial charge in [0.1, 0.15) is 0 Å². The Kier molecular flexibility index (Phi) is 4.91. The van der Waals surface area contributed by atoms with E-state index in [9.17, 15) is 0 Å². The molecule has 0 bridgehead atoms. The van der Waals surface area contributed by atoms with Gasteiger partial charge in [0.05, 0.1) is 6.16 Å². The fourth-order valence-corrected chi connectivity index (χ4v) is 5.82. The summed E-state index contributed by atoms with van der Waals surface area (Å²) in [5.41, 5.74) is 1.21. The van der Waals surface area contributed by atoms with Crippen molar-refractivity contribution in [3.63, 3.8) is 0 Å².